The number of fused-ring (bicyclic) bond motifs is 1. The van der Waals surface area contributed by atoms with E-state index >= 15 is 0 Å². The summed E-state index contributed by atoms with van der Waals surface area (Å²) in [5, 5.41) is 10.3. The summed E-state index contributed by atoms with van der Waals surface area (Å²) in [5.74, 6) is 2.10. The summed E-state index contributed by atoms with van der Waals surface area (Å²) >= 11 is 1.51. The van der Waals surface area contributed by atoms with E-state index in [4.69, 9.17) is 4.98 Å². The largest absolute Gasteiger partial charge is 0.301 e. The van der Waals surface area contributed by atoms with Crippen molar-refractivity contribution in [1.82, 2.24) is 24.3 Å². The van der Waals surface area contributed by atoms with Gasteiger partial charge >= 0.3 is 0 Å². The van der Waals surface area contributed by atoms with Crippen molar-refractivity contribution in [2.45, 2.75) is 36.2 Å². The summed E-state index contributed by atoms with van der Waals surface area (Å²) in [5.41, 5.74) is 2.22. The standard InChI is InChI=1S/C27H22FN5OS/c28-20-12-14-21(15-13-20)33-24(29-23-9-5-4-8-22(23)26(33)34)17-35-27-31-30-25(19-10-11-19)32(27)16-18-6-2-1-3-7-18/h1-9,12-15,19H,10-11,16-17H2. The normalized spacial score (nSPS) is 13.4. The maximum Gasteiger partial charge on any atom is 0.265 e. The predicted molar refractivity (Wildman–Crippen MR) is 134 cm³/mol. The Balaban J connectivity index is 1.39. The Hall–Kier alpha value is -3.78. The average molecular weight is 484 g/mol. The van der Waals surface area contributed by atoms with Gasteiger partial charge in [-0.2, -0.15) is 0 Å². The second kappa shape index (κ2) is 9.11. The van der Waals surface area contributed by atoms with E-state index in [1.54, 1.807) is 22.8 Å². The Bertz CT molecular complexity index is 1560. The number of rotatable bonds is 7. The first-order valence-electron chi connectivity index (χ1n) is 11.5. The van der Waals surface area contributed by atoms with Gasteiger partial charge in [-0.15, -0.1) is 10.2 Å². The number of hydrogen-bond donors (Lipinski definition) is 0. The van der Waals surface area contributed by atoms with Crippen LogP contribution in [-0.4, -0.2) is 24.3 Å². The van der Waals surface area contributed by atoms with Crippen LogP contribution >= 0.6 is 11.8 Å². The lowest BCUT2D eigenvalue weighted by Crippen LogP contribution is -2.23. The molecule has 2 aromatic heterocycles. The number of aromatic nitrogens is 5. The van der Waals surface area contributed by atoms with Crippen LogP contribution in [0.2, 0.25) is 0 Å². The maximum atomic E-state index is 13.6. The van der Waals surface area contributed by atoms with Crippen LogP contribution in [0.5, 0.6) is 0 Å². The number of thioether (sulfide) groups is 1. The third-order valence-electron chi connectivity index (χ3n) is 6.13. The van der Waals surface area contributed by atoms with Crippen molar-refractivity contribution in [3.63, 3.8) is 0 Å². The highest BCUT2D eigenvalue weighted by Gasteiger charge is 2.30. The minimum absolute atomic E-state index is 0.178. The third kappa shape index (κ3) is 4.37. The molecule has 174 valence electrons. The lowest BCUT2D eigenvalue weighted by Gasteiger charge is -2.14. The van der Waals surface area contributed by atoms with Crippen LogP contribution in [-0.2, 0) is 12.3 Å². The molecule has 0 saturated heterocycles. The Labute approximate surface area is 205 Å². The van der Waals surface area contributed by atoms with Crippen molar-refractivity contribution in [2.75, 3.05) is 0 Å². The minimum Gasteiger partial charge on any atom is -0.301 e. The molecule has 1 aliphatic rings. The van der Waals surface area contributed by atoms with E-state index in [9.17, 15) is 9.18 Å². The lowest BCUT2D eigenvalue weighted by atomic mass is 10.2. The molecule has 0 atom stereocenters. The Morgan fingerprint density at radius 3 is 2.43 bits per heavy atom. The van der Waals surface area contributed by atoms with Gasteiger partial charge in [0.05, 0.1) is 28.9 Å². The summed E-state index contributed by atoms with van der Waals surface area (Å²) in [4.78, 5) is 18.3. The Morgan fingerprint density at radius 1 is 0.914 bits per heavy atom. The van der Waals surface area contributed by atoms with Gasteiger partial charge in [-0.05, 0) is 54.8 Å². The molecule has 6 nitrogen and oxygen atoms in total. The molecule has 1 fully saturated rings. The minimum atomic E-state index is -0.354. The van der Waals surface area contributed by atoms with Gasteiger partial charge in [0, 0.05) is 5.92 Å². The Kier molecular flexibility index (Phi) is 5.66. The molecule has 6 rings (SSSR count). The van der Waals surface area contributed by atoms with E-state index in [1.807, 2.05) is 36.4 Å². The van der Waals surface area contributed by atoms with Crippen molar-refractivity contribution in [1.29, 1.82) is 0 Å². The second-order valence-electron chi connectivity index (χ2n) is 8.64. The van der Waals surface area contributed by atoms with Gasteiger partial charge in [0.1, 0.15) is 17.5 Å². The molecule has 0 N–H and O–H groups in total. The molecule has 0 spiro atoms. The van der Waals surface area contributed by atoms with E-state index in [1.165, 1.54) is 29.5 Å². The predicted octanol–water partition coefficient (Wildman–Crippen LogP) is 5.33. The summed E-state index contributed by atoms with van der Waals surface area (Å²) < 4.78 is 17.3. The van der Waals surface area contributed by atoms with E-state index < -0.39 is 0 Å². The number of nitrogens with zero attached hydrogens (tertiary/aromatic N) is 5. The highest BCUT2D eigenvalue weighted by atomic mass is 32.2. The van der Waals surface area contributed by atoms with Gasteiger partial charge in [-0.3, -0.25) is 9.36 Å². The fourth-order valence-corrected chi connectivity index (χ4v) is 5.09. The summed E-state index contributed by atoms with van der Waals surface area (Å²) in [6.07, 6.45) is 2.27. The fourth-order valence-electron chi connectivity index (χ4n) is 4.23. The quantitative estimate of drug-likeness (QED) is 0.293. The molecule has 2 heterocycles. The summed E-state index contributed by atoms with van der Waals surface area (Å²) in [7, 11) is 0. The van der Waals surface area contributed by atoms with Crippen LogP contribution in [0.1, 0.15) is 36.0 Å². The lowest BCUT2D eigenvalue weighted by molar-refractivity contribution is 0.627. The van der Waals surface area contributed by atoms with E-state index in [2.05, 4.69) is 26.9 Å². The molecule has 1 aliphatic carbocycles. The van der Waals surface area contributed by atoms with Gasteiger partial charge in [0.15, 0.2) is 5.16 Å². The smallest absolute Gasteiger partial charge is 0.265 e. The molecule has 1 saturated carbocycles. The van der Waals surface area contributed by atoms with Crippen LogP contribution in [0.4, 0.5) is 4.39 Å². The van der Waals surface area contributed by atoms with Gasteiger partial charge in [-0.1, -0.05) is 54.2 Å². The SMILES string of the molecule is O=c1c2ccccc2nc(CSc2nnc(C3CC3)n2Cc2ccccc2)n1-c1ccc(F)cc1. The monoisotopic (exact) mass is 483 g/mol. The van der Waals surface area contributed by atoms with Gasteiger partial charge in [0.2, 0.25) is 0 Å². The molecule has 5 aromatic rings. The van der Waals surface area contributed by atoms with Crippen LogP contribution in [0, 0.1) is 5.82 Å². The molecule has 3 aromatic carbocycles. The average Bonchev–Trinajstić information content (AvgIpc) is 3.65. The summed E-state index contributed by atoms with van der Waals surface area (Å²) in [6, 6.07) is 23.5. The zero-order valence-corrected chi connectivity index (χ0v) is 19.7. The zero-order valence-electron chi connectivity index (χ0n) is 18.8. The van der Waals surface area contributed by atoms with Crippen LogP contribution in [0.25, 0.3) is 16.6 Å². The first-order valence-corrected chi connectivity index (χ1v) is 12.5. The summed E-state index contributed by atoms with van der Waals surface area (Å²) in [6.45, 7) is 0.692. The topological polar surface area (TPSA) is 65.6 Å². The Morgan fingerprint density at radius 2 is 1.66 bits per heavy atom. The fraction of sp³-hybridized carbons (Fsp3) is 0.185. The van der Waals surface area contributed by atoms with E-state index in [-0.39, 0.29) is 11.4 Å². The van der Waals surface area contributed by atoms with Gasteiger partial charge in [0.25, 0.3) is 5.56 Å². The molecule has 0 unspecified atom stereocenters. The molecular weight excluding hydrogens is 461 g/mol. The molecule has 0 radical (unpaired) electrons. The maximum absolute atomic E-state index is 13.6. The first-order chi connectivity index (χ1) is 17.2. The number of para-hydroxylation sites is 1. The first kappa shape index (κ1) is 21.7. The van der Waals surface area contributed by atoms with Crippen molar-refractivity contribution in [2.24, 2.45) is 0 Å². The van der Waals surface area contributed by atoms with Crippen molar-refractivity contribution < 1.29 is 4.39 Å². The number of benzene rings is 3. The van der Waals surface area contributed by atoms with Gasteiger partial charge < -0.3 is 4.57 Å². The van der Waals surface area contributed by atoms with Crippen molar-refractivity contribution in [3.05, 3.63) is 112 Å². The van der Waals surface area contributed by atoms with Crippen molar-refractivity contribution in [3.8, 4) is 5.69 Å². The van der Waals surface area contributed by atoms with E-state index in [0.29, 0.717) is 40.6 Å². The molecular formula is C27H22FN5OS. The third-order valence-corrected chi connectivity index (χ3v) is 7.09. The molecule has 8 heteroatoms. The number of hydrogen-bond acceptors (Lipinski definition) is 5. The van der Waals surface area contributed by atoms with Crippen molar-refractivity contribution >= 4 is 22.7 Å². The zero-order chi connectivity index (χ0) is 23.8. The molecule has 0 bridgehead atoms. The van der Waals surface area contributed by atoms with E-state index in [0.717, 1.165) is 23.8 Å². The van der Waals surface area contributed by atoms with Crippen LogP contribution < -0.4 is 5.56 Å². The molecule has 0 amide bonds. The number of halogens is 1. The molecule has 0 aliphatic heterocycles. The second-order valence-corrected chi connectivity index (χ2v) is 9.58. The van der Waals surface area contributed by atoms with Crippen LogP contribution in [0.3, 0.4) is 0 Å². The molecule has 35 heavy (non-hydrogen) atoms. The highest BCUT2D eigenvalue weighted by Crippen LogP contribution is 2.40. The highest BCUT2D eigenvalue weighted by molar-refractivity contribution is 7.98. The van der Waals surface area contributed by atoms with Gasteiger partial charge in [-0.25, -0.2) is 9.37 Å². The van der Waals surface area contributed by atoms with Crippen LogP contribution in [0.15, 0.2) is 88.8 Å².